The molecule has 24 heavy (non-hydrogen) atoms. The molecule has 1 heterocycles. The molecule has 1 aromatic carbocycles. The molecule has 0 saturated carbocycles. The Bertz CT molecular complexity index is 632. The molecule has 0 saturated heterocycles. The molecule has 0 radical (unpaired) electrons. The van der Waals surface area contributed by atoms with Crippen LogP contribution in [-0.2, 0) is 6.42 Å². The molecule has 0 fully saturated rings. The first kappa shape index (κ1) is 18.2. The number of hydrogen-bond donors (Lipinski definition) is 2. The van der Waals surface area contributed by atoms with E-state index in [-0.39, 0.29) is 0 Å². The normalized spacial score (nSPS) is 10.6. The van der Waals surface area contributed by atoms with Gasteiger partial charge in [0.25, 0.3) is 0 Å². The van der Waals surface area contributed by atoms with Crippen LogP contribution >= 0.6 is 0 Å². The Hall–Kier alpha value is -2.16. The molecule has 3 nitrogen and oxygen atoms in total. The number of aromatic nitrogens is 1. The van der Waals surface area contributed by atoms with Crippen molar-refractivity contribution < 1.29 is 0 Å². The first-order chi connectivity index (χ1) is 11.8. The van der Waals surface area contributed by atoms with Crippen molar-refractivity contribution in [1.82, 2.24) is 4.98 Å². The van der Waals surface area contributed by atoms with E-state index < -0.39 is 0 Å². The fourth-order valence-electron chi connectivity index (χ4n) is 2.75. The van der Waals surface area contributed by atoms with Crippen molar-refractivity contribution in [2.24, 2.45) is 0 Å². The van der Waals surface area contributed by atoms with Gasteiger partial charge in [0.1, 0.15) is 5.82 Å². The number of unbranched alkanes of at least 4 members (excludes halogenated alkanes) is 4. The van der Waals surface area contributed by atoms with E-state index in [0.29, 0.717) is 5.71 Å². The van der Waals surface area contributed by atoms with Crippen LogP contribution in [0.2, 0.25) is 0 Å². The highest BCUT2D eigenvalue weighted by atomic mass is 15.0. The van der Waals surface area contributed by atoms with E-state index in [1.165, 1.54) is 31.2 Å². The van der Waals surface area contributed by atoms with Gasteiger partial charge in [0.2, 0.25) is 0 Å². The number of benzene rings is 1. The maximum atomic E-state index is 8.53. The molecule has 2 N–H and O–H groups in total. The van der Waals surface area contributed by atoms with Gasteiger partial charge in [0.05, 0.1) is 5.71 Å². The van der Waals surface area contributed by atoms with Gasteiger partial charge in [-0.2, -0.15) is 0 Å². The van der Waals surface area contributed by atoms with E-state index in [9.17, 15) is 0 Å². The highest BCUT2D eigenvalue weighted by Crippen LogP contribution is 2.18. The standard InChI is InChI=1S/C21H29N3/c1-3-5-6-7-8-15-23-21-19(10-9-16-24-21)20(22)18-13-11-17(4-2)12-14-18/h9-14,16,22H,3-8,15H2,1-2H3,(H,23,24). The van der Waals surface area contributed by atoms with E-state index in [0.717, 1.165) is 36.3 Å². The Morgan fingerprint density at radius 1 is 1.00 bits per heavy atom. The quantitative estimate of drug-likeness (QED) is 0.451. The van der Waals surface area contributed by atoms with Gasteiger partial charge in [-0.05, 0) is 30.5 Å². The molecular formula is C21H29N3. The maximum absolute atomic E-state index is 8.53. The fraction of sp³-hybridized carbons (Fsp3) is 0.429. The molecule has 128 valence electrons. The summed E-state index contributed by atoms with van der Waals surface area (Å²) in [6.45, 7) is 5.29. The molecule has 0 aliphatic rings. The monoisotopic (exact) mass is 323 g/mol. The van der Waals surface area contributed by atoms with E-state index in [1.807, 2.05) is 24.3 Å². The van der Waals surface area contributed by atoms with Crippen molar-refractivity contribution in [3.05, 3.63) is 59.3 Å². The van der Waals surface area contributed by atoms with Gasteiger partial charge in [-0.25, -0.2) is 4.98 Å². The second-order valence-corrected chi connectivity index (χ2v) is 6.17. The van der Waals surface area contributed by atoms with Gasteiger partial charge in [0, 0.05) is 23.9 Å². The van der Waals surface area contributed by atoms with Crippen molar-refractivity contribution in [2.45, 2.75) is 52.4 Å². The summed E-state index contributed by atoms with van der Waals surface area (Å²) in [6.07, 6.45) is 9.08. The zero-order chi connectivity index (χ0) is 17.2. The lowest BCUT2D eigenvalue weighted by Gasteiger charge is -2.12. The molecule has 1 aromatic heterocycles. The van der Waals surface area contributed by atoms with Gasteiger partial charge in [-0.15, -0.1) is 0 Å². The Labute approximate surface area is 146 Å². The summed E-state index contributed by atoms with van der Waals surface area (Å²) in [5, 5.41) is 11.9. The van der Waals surface area contributed by atoms with Crippen LogP contribution in [0.5, 0.6) is 0 Å². The zero-order valence-corrected chi connectivity index (χ0v) is 14.9. The minimum Gasteiger partial charge on any atom is -0.370 e. The molecule has 0 amide bonds. The highest BCUT2D eigenvalue weighted by molar-refractivity contribution is 6.13. The molecule has 0 unspecified atom stereocenters. The van der Waals surface area contributed by atoms with Gasteiger partial charge in [-0.1, -0.05) is 63.8 Å². The minimum absolute atomic E-state index is 0.527. The largest absolute Gasteiger partial charge is 0.370 e. The Morgan fingerprint density at radius 2 is 1.75 bits per heavy atom. The zero-order valence-electron chi connectivity index (χ0n) is 14.9. The molecule has 2 rings (SSSR count). The lowest BCUT2D eigenvalue weighted by atomic mass is 10.0. The summed E-state index contributed by atoms with van der Waals surface area (Å²) in [6, 6.07) is 12.1. The Balaban J connectivity index is 2.00. The van der Waals surface area contributed by atoms with Gasteiger partial charge >= 0.3 is 0 Å². The Morgan fingerprint density at radius 3 is 2.46 bits per heavy atom. The predicted octanol–water partition coefficient (Wildman–Crippen LogP) is 5.44. The molecule has 0 bridgehead atoms. The van der Waals surface area contributed by atoms with Crippen molar-refractivity contribution in [3.8, 4) is 0 Å². The third kappa shape index (κ3) is 5.19. The van der Waals surface area contributed by atoms with Gasteiger partial charge in [-0.3, -0.25) is 5.41 Å². The summed E-state index contributed by atoms with van der Waals surface area (Å²) in [7, 11) is 0. The highest BCUT2D eigenvalue weighted by Gasteiger charge is 2.10. The van der Waals surface area contributed by atoms with Crippen molar-refractivity contribution in [1.29, 1.82) is 5.41 Å². The minimum atomic E-state index is 0.527. The molecule has 0 aliphatic heterocycles. The number of anilines is 1. The van der Waals surface area contributed by atoms with Crippen LogP contribution in [0, 0.1) is 5.41 Å². The van der Waals surface area contributed by atoms with Crippen LogP contribution < -0.4 is 5.32 Å². The number of rotatable bonds is 10. The van der Waals surface area contributed by atoms with Crippen LogP contribution in [0.15, 0.2) is 42.6 Å². The summed E-state index contributed by atoms with van der Waals surface area (Å²) < 4.78 is 0. The number of pyridine rings is 1. The lowest BCUT2D eigenvalue weighted by molar-refractivity contribution is 0.645. The summed E-state index contributed by atoms with van der Waals surface area (Å²) in [4.78, 5) is 4.44. The van der Waals surface area contributed by atoms with Crippen molar-refractivity contribution >= 4 is 11.5 Å². The lowest BCUT2D eigenvalue weighted by Crippen LogP contribution is -2.10. The first-order valence-electron chi connectivity index (χ1n) is 9.13. The van der Waals surface area contributed by atoms with E-state index >= 15 is 0 Å². The summed E-state index contributed by atoms with van der Waals surface area (Å²) >= 11 is 0. The smallest absolute Gasteiger partial charge is 0.135 e. The van der Waals surface area contributed by atoms with E-state index in [2.05, 4.69) is 36.3 Å². The molecule has 3 heteroatoms. The van der Waals surface area contributed by atoms with Gasteiger partial charge in [0.15, 0.2) is 0 Å². The van der Waals surface area contributed by atoms with E-state index in [4.69, 9.17) is 5.41 Å². The predicted molar refractivity (Wildman–Crippen MR) is 103 cm³/mol. The number of nitrogens with one attached hydrogen (secondary N) is 2. The van der Waals surface area contributed by atoms with Crippen LogP contribution in [0.1, 0.15) is 62.6 Å². The maximum Gasteiger partial charge on any atom is 0.135 e. The van der Waals surface area contributed by atoms with Crippen LogP contribution in [0.3, 0.4) is 0 Å². The average molecular weight is 323 g/mol. The summed E-state index contributed by atoms with van der Waals surface area (Å²) in [5.41, 5.74) is 3.63. The second kappa shape index (κ2) is 9.86. The first-order valence-corrected chi connectivity index (χ1v) is 9.13. The molecule has 2 aromatic rings. The number of aryl methyl sites for hydroxylation is 1. The molecular weight excluding hydrogens is 294 g/mol. The average Bonchev–Trinajstić information content (AvgIpc) is 2.64. The number of hydrogen-bond acceptors (Lipinski definition) is 3. The Kier molecular flexibility index (Phi) is 7.47. The van der Waals surface area contributed by atoms with Crippen LogP contribution in [-0.4, -0.2) is 17.2 Å². The van der Waals surface area contributed by atoms with Crippen molar-refractivity contribution in [2.75, 3.05) is 11.9 Å². The van der Waals surface area contributed by atoms with Crippen LogP contribution in [0.4, 0.5) is 5.82 Å². The SMILES string of the molecule is CCCCCCCNc1ncccc1C(=N)c1ccc(CC)cc1. The molecule has 0 aliphatic carbocycles. The third-order valence-electron chi connectivity index (χ3n) is 4.30. The van der Waals surface area contributed by atoms with E-state index in [1.54, 1.807) is 6.20 Å². The molecule has 0 atom stereocenters. The summed E-state index contributed by atoms with van der Waals surface area (Å²) in [5.74, 6) is 0.817. The topological polar surface area (TPSA) is 48.8 Å². The fourth-order valence-corrected chi connectivity index (χ4v) is 2.75. The third-order valence-corrected chi connectivity index (χ3v) is 4.30. The van der Waals surface area contributed by atoms with Gasteiger partial charge < -0.3 is 5.32 Å². The van der Waals surface area contributed by atoms with Crippen molar-refractivity contribution in [3.63, 3.8) is 0 Å². The molecule has 0 spiro atoms. The van der Waals surface area contributed by atoms with Crippen LogP contribution in [0.25, 0.3) is 0 Å². The number of nitrogens with zero attached hydrogens (tertiary/aromatic N) is 1. The second-order valence-electron chi connectivity index (χ2n) is 6.17.